The average molecular weight is 330 g/mol. The highest BCUT2D eigenvalue weighted by Crippen LogP contribution is 2.40. The summed E-state index contributed by atoms with van der Waals surface area (Å²) in [5.74, 6) is 0.325. The first-order valence-electron chi connectivity index (χ1n) is 7.72. The van der Waals surface area contributed by atoms with Crippen molar-refractivity contribution in [2.45, 2.75) is 32.2 Å². The van der Waals surface area contributed by atoms with Crippen molar-refractivity contribution in [3.8, 4) is 5.75 Å². The molecule has 7 nitrogen and oxygen atoms in total. The van der Waals surface area contributed by atoms with Crippen molar-refractivity contribution in [3.63, 3.8) is 0 Å². The molecule has 1 aliphatic carbocycles. The van der Waals surface area contributed by atoms with E-state index < -0.39 is 12.6 Å². The van der Waals surface area contributed by atoms with Gasteiger partial charge in [0.15, 0.2) is 12.5 Å². The van der Waals surface area contributed by atoms with Crippen LogP contribution in [0.15, 0.2) is 28.7 Å². The minimum atomic E-state index is -1.04. The summed E-state index contributed by atoms with van der Waals surface area (Å²) in [5.41, 5.74) is 1.39. The van der Waals surface area contributed by atoms with Gasteiger partial charge in [-0.15, -0.1) is 0 Å². The number of benzene rings is 1. The minimum absolute atomic E-state index is 0.246. The molecule has 1 aliphatic rings. The maximum atomic E-state index is 12.2. The Labute approximate surface area is 138 Å². The third kappa shape index (κ3) is 3.92. The average Bonchev–Trinajstić information content (AvgIpc) is 3.34. The van der Waals surface area contributed by atoms with E-state index in [1.807, 2.05) is 6.07 Å². The van der Waals surface area contributed by atoms with Crippen molar-refractivity contribution in [1.29, 1.82) is 0 Å². The van der Waals surface area contributed by atoms with E-state index in [9.17, 15) is 9.59 Å². The number of carboxylic acids is 1. The van der Waals surface area contributed by atoms with E-state index in [1.54, 1.807) is 25.1 Å². The molecule has 2 N–H and O–H groups in total. The molecular formula is C17H18N2O5. The summed E-state index contributed by atoms with van der Waals surface area (Å²) in [6, 6.07) is 6.91. The van der Waals surface area contributed by atoms with Crippen molar-refractivity contribution in [2.24, 2.45) is 0 Å². The fourth-order valence-corrected chi connectivity index (χ4v) is 2.29. The molecule has 126 valence electrons. The van der Waals surface area contributed by atoms with E-state index in [4.69, 9.17) is 14.3 Å². The van der Waals surface area contributed by atoms with Gasteiger partial charge in [-0.3, -0.25) is 4.79 Å². The Kier molecular flexibility index (Phi) is 4.50. The number of ether oxygens (including phenoxy) is 1. The quantitative estimate of drug-likeness (QED) is 0.807. The number of aliphatic carboxylic acids is 1. The van der Waals surface area contributed by atoms with Crippen LogP contribution in [0.4, 0.5) is 0 Å². The molecule has 1 fully saturated rings. The van der Waals surface area contributed by atoms with E-state index in [-0.39, 0.29) is 18.2 Å². The summed E-state index contributed by atoms with van der Waals surface area (Å²) in [6.45, 7) is 1.63. The molecule has 0 unspecified atom stereocenters. The molecule has 24 heavy (non-hydrogen) atoms. The monoisotopic (exact) mass is 330 g/mol. The number of aromatic nitrogens is 1. The van der Waals surface area contributed by atoms with Gasteiger partial charge in [0.25, 0.3) is 5.91 Å². The molecule has 7 heteroatoms. The van der Waals surface area contributed by atoms with E-state index >= 15 is 0 Å². The third-order valence-corrected chi connectivity index (χ3v) is 3.66. The smallest absolute Gasteiger partial charge is 0.341 e. The maximum absolute atomic E-state index is 12.2. The van der Waals surface area contributed by atoms with Crippen LogP contribution in [0.2, 0.25) is 0 Å². The summed E-state index contributed by atoms with van der Waals surface area (Å²) in [6.07, 6.45) is 2.12. The van der Waals surface area contributed by atoms with Crippen LogP contribution in [0.3, 0.4) is 0 Å². The molecule has 2 aromatic rings. The molecule has 1 amide bonds. The second-order valence-corrected chi connectivity index (χ2v) is 5.75. The van der Waals surface area contributed by atoms with E-state index in [0.717, 1.165) is 18.4 Å². The Morgan fingerprint density at radius 2 is 2.21 bits per heavy atom. The Hall–Kier alpha value is -2.83. The fraction of sp³-hybridized carbons (Fsp3) is 0.353. The lowest BCUT2D eigenvalue weighted by Crippen LogP contribution is -2.23. The lowest BCUT2D eigenvalue weighted by atomic mass is 10.2. The zero-order valence-electron chi connectivity index (χ0n) is 13.2. The third-order valence-electron chi connectivity index (χ3n) is 3.66. The lowest BCUT2D eigenvalue weighted by Gasteiger charge is -2.07. The van der Waals surface area contributed by atoms with Gasteiger partial charge in [0.2, 0.25) is 5.76 Å². The Morgan fingerprint density at radius 1 is 1.42 bits per heavy atom. The largest absolute Gasteiger partial charge is 0.482 e. The predicted octanol–water partition coefficient (Wildman–Crippen LogP) is 2.25. The minimum Gasteiger partial charge on any atom is -0.482 e. The Balaban J connectivity index is 1.59. The molecule has 0 radical (unpaired) electrons. The molecule has 1 saturated carbocycles. The number of carbonyl (C=O) groups excluding carboxylic acids is 1. The van der Waals surface area contributed by atoms with Gasteiger partial charge < -0.3 is 19.6 Å². The number of rotatable bonds is 7. The molecular weight excluding hydrogens is 312 g/mol. The van der Waals surface area contributed by atoms with Crippen LogP contribution in [-0.2, 0) is 11.3 Å². The van der Waals surface area contributed by atoms with Crippen LogP contribution in [0.25, 0.3) is 0 Å². The van der Waals surface area contributed by atoms with Gasteiger partial charge in [0.1, 0.15) is 5.75 Å². The second kappa shape index (κ2) is 6.74. The highest BCUT2D eigenvalue weighted by Gasteiger charge is 2.30. The van der Waals surface area contributed by atoms with Gasteiger partial charge in [-0.2, -0.15) is 0 Å². The number of oxazole rings is 1. The van der Waals surface area contributed by atoms with Gasteiger partial charge in [0.05, 0.1) is 5.69 Å². The number of nitrogens with zero attached hydrogens (tertiary/aromatic N) is 1. The first kappa shape index (κ1) is 16.0. The SMILES string of the molecule is Cc1nc(C2CC2)oc1C(=O)NCc1cccc(OCC(=O)O)c1. The van der Waals surface area contributed by atoms with E-state index in [0.29, 0.717) is 23.3 Å². The molecule has 0 aliphatic heterocycles. The number of nitrogens with one attached hydrogen (secondary N) is 1. The maximum Gasteiger partial charge on any atom is 0.341 e. The van der Waals surface area contributed by atoms with Crippen LogP contribution in [-0.4, -0.2) is 28.6 Å². The molecule has 0 spiro atoms. The number of aryl methyl sites for hydroxylation is 1. The van der Waals surface area contributed by atoms with Crippen molar-refractivity contribution < 1.29 is 23.8 Å². The Bertz CT molecular complexity index is 764. The fourth-order valence-electron chi connectivity index (χ4n) is 2.29. The molecule has 1 heterocycles. The van der Waals surface area contributed by atoms with Gasteiger partial charge in [-0.05, 0) is 37.5 Å². The summed E-state index contributed by atoms with van der Waals surface area (Å²) >= 11 is 0. The van der Waals surface area contributed by atoms with Gasteiger partial charge in [-0.25, -0.2) is 9.78 Å². The second-order valence-electron chi connectivity index (χ2n) is 5.75. The number of carbonyl (C=O) groups is 2. The predicted molar refractivity (Wildman–Crippen MR) is 84.0 cm³/mol. The van der Waals surface area contributed by atoms with E-state index in [2.05, 4.69) is 10.3 Å². The van der Waals surface area contributed by atoms with Crippen LogP contribution in [0.5, 0.6) is 5.75 Å². The molecule has 0 saturated heterocycles. The van der Waals surface area contributed by atoms with Crippen molar-refractivity contribution >= 4 is 11.9 Å². The summed E-state index contributed by atoms with van der Waals surface area (Å²) in [7, 11) is 0. The number of carboxylic acid groups (broad SMARTS) is 1. The number of amides is 1. The summed E-state index contributed by atoms with van der Waals surface area (Å²) in [5, 5.41) is 11.4. The van der Waals surface area contributed by atoms with Crippen molar-refractivity contribution in [3.05, 3.63) is 47.2 Å². The molecule has 0 bridgehead atoms. The lowest BCUT2D eigenvalue weighted by molar-refractivity contribution is -0.139. The highest BCUT2D eigenvalue weighted by molar-refractivity contribution is 5.92. The van der Waals surface area contributed by atoms with Crippen LogP contribution in [0.1, 0.15) is 46.5 Å². The van der Waals surface area contributed by atoms with E-state index in [1.165, 1.54) is 0 Å². The topological polar surface area (TPSA) is 102 Å². The summed E-state index contributed by atoms with van der Waals surface area (Å²) in [4.78, 5) is 27.1. The molecule has 1 aromatic carbocycles. The van der Waals surface area contributed by atoms with Crippen LogP contribution >= 0.6 is 0 Å². The van der Waals surface area contributed by atoms with Crippen LogP contribution < -0.4 is 10.1 Å². The first-order valence-corrected chi connectivity index (χ1v) is 7.72. The Morgan fingerprint density at radius 3 is 2.92 bits per heavy atom. The van der Waals surface area contributed by atoms with Crippen LogP contribution in [0, 0.1) is 6.92 Å². The highest BCUT2D eigenvalue weighted by atomic mass is 16.5. The van der Waals surface area contributed by atoms with Gasteiger partial charge in [-0.1, -0.05) is 12.1 Å². The molecule has 0 atom stereocenters. The molecule has 1 aromatic heterocycles. The van der Waals surface area contributed by atoms with Gasteiger partial charge >= 0.3 is 5.97 Å². The number of hydrogen-bond donors (Lipinski definition) is 2. The number of hydrogen-bond acceptors (Lipinski definition) is 5. The standard InChI is InChI=1S/C17H18N2O5/c1-10-15(24-17(19-10)12-5-6-12)16(22)18-8-11-3-2-4-13(7-11)23-9-14(20)21/h2-4,7,12H,5-6,8-9H2,1H3,(H,18,22)(H,20,21). The summed E-state index contributed by atoms with van der Waals surface area (Å²) < 4.78 is 10.7. The zero-order chi connectivity index (χ0) is 17.1. The first-order chi connectivity index (χ1) is 11.5. The van der Waals surface area contributed by atoms with Crippen molar-refractivity contribution in [1.82, 2.24) is 10.3 Å². The molecule has 3 rings (SSSR count). The van der Waals surface area contributed by atoms with Gasteiger partial charge in [0, 0.05) is 12.5 Å². The zero-order valence-corrected chi connectivity index (χ0v) is 13.2. The van der Waals surface area contributed by atoms with Crippen molar-refractivity contribution in [2.75, 3.05) is 6.61 Å². The normalized spacial score (nSPS) is 13.5.